The summed E-state index contributed by atoms with van der Waals surface area (Å²) < 4.78 is 5.28. The summed E-state index contributed by atoms with van der Waals surface area (Å²) in [5.41, 5.74) is 3.98. The quantitative estimate of drug-likeness (QED) is 0.925. The molecule has 0 spiro atoms. The first-order chi connectivity index (χ1) is 9.54. The number of carbonyl (C=O) groups is 1. The van der Waals surface area contributed by atoms with Crippen LogP contribution in [0.5, 0.6) is 5.75 Å². The predicted octanol–water partition coefficient (Wildman–Crippen LogP) is 2.40. The third-order valence-corrected chi connectivity index (χ3v) is 3.31. The van der Waals surface area contributed by atoms with E-state index in [-0.39, 0.29) is 6.42 Å². The summed E-state index contributed by atoms with van der Waals surface area (Å²) in [5.74, 6) is -0.121. The van der Waals surface area contributed by atoms with Gasteiger partial charge in [-0.3, -0.25) is 14.8 Å². The maximum atomic E-state index is 10.9. The predicted molar refractivity (Wildman–Crippen MR) is 74.8 cm³/mol. The highest BCUT2D eigenvalue weighted by molar-refractivity contribution is 5.75. The molecule has 2 aromatic rings. The van der Waals surface area contributed by atoms with E-state index in [4.69, 9.17) is 9.84 Å². The van der Waals surface area contributed by atoms with Gasteiger partial charge >= 0.3 is 5.97 Å². The van der Waals surface area contributed by atoms with Crippen molar-refractivity contribution in [1.82, 2.24) is 9.97 Å². The normalized spacial score (nSPS) is 10.3. The van der Waals surface area contributed by atoms with E-state index < -0.39 is 5.97 Å². The molecule has 2 rings (SSSR count). The van der Waals surface area contributed by atoms with Crippen molar-refractivity contribution in [3.63, 3.8) is 0 Å². The van der Waals surface area contributed by atoms with Crippen molar-refractivity contribution in [2.45, 2.75) is 20.3 Å². The summed E-state index contributed by atoms with van der Waals surface area (Å²) in [4.78, 5) is 19.3. The lowest BCUT2D eigenvalue weighted by molar-refractivity contribution is -0.136. The van der Waals surface area contributed by atoms with Crippen LogP contribution in [0.2, 0.25) is 0 Å². The van der Waals surface area contributed by atoms with Crippen molar-refractivity contribution >= 4 is 5.97 Å². The van der Waals surface area contributed by atoms with Crippen LogP contribution in [-0.4, -0.2) is 28.2 Å². The zero-order valence-corrected chi connectivity index (χ0v) is 11.7. The van der Waals surface area contributed by atoms with Gasteiger partial charge in [0.2, 0.25) is 0 Å². The zero-order valence-electron chi connectivity index (χ0n) is 11.7. The lowest BCUT2D eigenvalue weighted by Gasteiger charge is -2.13. The maximum Gasteiger partial charge on any atom is 0.309 e. The molecule has 0 unspecified atom stereocenters. The minimum absolute atomic E-state index is 0.145. The molecule has 1 heterocycles. The number of carboxylic acid groups (broad SMARTS) is 1. The molecule has 104 valence electrons. The first kappa shape index (κ1) is 14.0. The fraction of sp³-hybridized carbons (Fsp3) is 0.267. The molecular weight excluding hydrogens is 256 g/mol. The number of hydrogen-bond acceptors (Lipinski definition) is 4. The number of nitrogens with zero attached hydrogens (tertiary/aromatic N) is 2. The van der Waals surface area contributed by atoms with Crippen molar-refractivity contribution < 1.29 is 14.6 Å². The maximum absolute atomic E-state index is 10.9. The van der Waals surface area contributed by atoms with Gasteiger partial charge in [-0.05, 0) is 37.1 Å². The fourth-order valence-electron chi connectivity index (χ4n) is 2.14. The summed E-state index contributed by atoms with van der Waals surface area (Å²) in [6.07, 6.45) is 2.93. The van der Waals surface area contributed by atoms with Gasteiger partial charge in [-0.1, -0.05) is 0 Å². The molecule has 5 heteroatoms. The minimum Gasteiger partial charge on any atom is -0.496 e. The summed E-state index contributed by atoms with van der Waals surface area (Å²) in [7, 11) is 1.62. The van der Waals surface area contributed by atoms with E-state index in [1.165, 1.54) is 6.20 Å². The van der Waals surface area contributed by atoms with Gasteiger partial charge in [-0.15, -0.1) is 0 Å². The van der Waals surface area contributed by atoms with Crippen molar-refractivity contribution in [2.24, 2.45) is 0 Å². The molecule has 0 saturated carbocycles. The van der Waals surface area contributed by atoms with Gasteiger partial charge in [0.1, 0.15) is 5.75 Å². The summed E-state index contributed by atoms with van der Waals surface area (Å²) in [6, 6.07) is 3.74. The number of aromatic nitrogens is 2. The molecule has 1 aromatic carbocycles. The van der Waals surface area contributed by atoms with Gasteiger partial charge in [0, 0.05) is 18.0 Å². The van der Waals surface area contributed by atoms with Crippen molar-refractivity contribution in [1.29, 1.82) is 0 Å². The second kappa shape index (κ2) is 5.69. The first-order valence-electron chi connectivity index (χ1n) is 6.20. The van der Waals surface area contributed by atoms with E-state index in [1.807, 2.05) is 26.0 Å². The van der Waals surface area contributed by atoms with E-state index in [1.54, 1.807) is 13.3 Å². The van der Waals surface area contributed by atoms with Crippen LogP contribution in [-0.2, 0) is 11.2 Å². The number of hydrogen-bond donors (Lipinski definition) is 1. The Balaban J connectivity index is 2.57. The molecule has 0 radical (unpaired) electrons. The topological polar surface area (TPSA) is 72.3 Å². The summed E-state index contributed by atoms with van der Waals surface area (Å²) >= 11 is 0. The number of rotatable bonds is 4. The molecule has 0 bridgehead atoms. The van der Waals surface area contributed by atoms with E-state index in [9.17, 15) is 4.79 Å². The number of methoxy groups -OCH3 is 1. The second-order valence-electron chi connectivity index (χ2n) is 4.49. The molecule has 0 aliphatic heterocycles. The van der Waals surface area contributed by atoms with Crippen LogP contribution >= 0.6 is 0 Å². The van der Waals surface area contributed by atoms with Crippen LogP contribution in [0.4, 0.5) is 0 Å². The van der Waals surface area contributed by atoms with Crippen LogP contribution in [0.1, 0.15) is 16.8 Å². The van der Waals surface area contributed by atoms with Crippen LogP contribution < -0.4 is 4.74 Å². The Hall–Kier alpha value is -2.43. The van der Waals surface area contributed by atoms with E-state index >= 15 is 0 Å². The Bertz CT molecular complexity index is 654. The molecule has 20 heavy (non-hydrogen) atoms. The molecule has 0 aliphatic carbocycles. The lowest BCUT2D eigenvalue weighted by Crippen LogP contribution is -2.06. The largest absolute Gasteiger partial charge is 0.496 e. The average molecular weight is 272 g/mol. The summed E-state index contributed by atoms with van der Waals surface area (Å²) in [6.45, 7) is 3.93. The van der Waals surface area contributed by atoms with Crippen LogP contribution in [0, 0.1) is 13.8 Å². The third-order valence-electron chi connectivity index (χ3n) is 3.31. The van der Waals surface area contributed by atoms with Crippen LogP contribution in [0.25, 0.3) is 11.3 Å². The van der Waals surface area contributed by atoms with Gasteiger partial charge < -0.3 is 9.84 Å². The zero-order chi connectivity index (χ0) is 14.7. The lowest BCUT2D eigenvalue weighted by atomic mass is 9.98. The Morgan fingerprint density at radius 2 is 1.90 bits per heavy atom. The van der Waals surface area contributed by atoms with Gasteiger partial charge in [-0.2, -0.15) is 0 Å². The Kier molecular flexibility index (Phi) is 3.98. The van der Waals surface area contributed by atoms with Gasteiger partial charge in [0.15, 0.2) is 0 Å². The molecule has 1 aromatic heterocycles. The van der Waals surface area contributed by atoms with E-state index in [2.05, 4.69) is 9.97 Å². The molecular formula is C15H16N2O3. The molecule has 0 saturated heterocycles. The standard InChI is InChI=1S/C15H16N2O3/c1-9-10(2)13(20-3)5-4-11(9)15-12(8-14(18)19)16-6-7-17-15/h4-7H,8H2,1-3H3,(H,18,19). The van der Waals surface area contributed by atoms with E-state index in [0.717, 1.165) is 22.4 Å². The third kappa shape index (κ3) is 2.61. The monoisotopic (exact) mass is 272 g/mol. The van der Waals surface area contributed by atoms with Gasteiger partial charge in [-0.25, -0.2) is 0 Å². The summed E-state index contributed by atoms with van der Waals surface area (Å²) in [5, 5.41) is 8.96. The minimum atomic E-state index is -0.922. The number of benzene rings is 1. The van der Waals surface area contributed by atoms with Gasteiger partial charge in [0.05, 0.1) is 24.9 Å². The highest BCUT2D eigenvalue weighted by atomic mass is 16.5. The first-order valence-corrected chi connectivity index (χ1v) is 6.20. The molecule has 0 fully saturated rings. The second-order valence-corrected chi connectivity index (χ2v) is 4.49. The molecule has 1 N–H and O–H groups in total. The van der Waals surface area contributed by atoms with Crippen LogP contribution in [0.3, 0.4) is 0 Å². The van der Waals surface area contributed by atoms with Crippen molar-refractivity contribution in [3.8, 4) is 17.0 Å². The Morgan fingerprint density at radius 3 is 2.55 bits per heavy atom. The molecule has 5 nitrogen and oxygen atoms in total. The molecule has 0 atom stereocenters. The van der Waals surface area contributed by atoms with Crippen molar-refractivity contribution in [3.05, 3.63) is 41.3 Å². The Morgan fingerprint density at radius 1 is 1.20 bits per heavy atom. The van der Waals surface area contributed by atoms with Crippen LogP contribution in [0.15, 0.2) is 24.5 Å². The number of carboxylic acids is 1. The van der Waals surface area contributed by atoms with E-state index in [0.29, 0.717) is 11.4 Å². The smallest absolute Gasteiger partial charge is 0.309 e. The highest BCUT2D eigenvalue weighted by Crippen LogP contribution is 2.31. The number of aliphatic carboxylic acids is 1. The highest BCUT2D eigenvalue weighted by Gasteiger charge is 2.15. The van der Waals surface area contributed by atoms with Gasteiger partial charge in [0.25, 0.3) is 0 Å². The SMILES string of the molecule is COc1ccc(-c2nccnc2CC(=O)O)c(C)c1C. The number of ether oxygens (including phenoxy) is 1. The Labute approximate surface area is 117 Å². The molecule has 0 aliphatic rings. The molecule has 0 amide bonds. The average Bonchev–Trinajstić information content (AvgIpc) is 2.42. The fourth-order valence-corrected chi connectivity index (χ4v) is 2.14. The van der Waals surface area contributed by atoms with Crippen molar-refractivity contribution in [2.75, 3.05) is 7.11 Å².